The maximum absolute atomic E-state index is 13.5. The van der Waals surface area contributed by atoms with E-state index in [0.717, 1.165) is 6.07 Å². The number of piperidine rings is 1. The summed E-state index contributed by atoms with van der Waals surface area (Å²) in [5, 5.41) is 9.07. The highest BCUT2D eigenvalue weighted by Crippen LogP contribution is 2.45. The number of likely N-dealkylation sites (tertiary alicyclic amines) is 1. The summed E-state index contributed by atoms with van der Waals surface area (Å²) in [6.07, 6.45) is -1.10. The third-order valence-corrected chi connectivity index (χ3v) is 6.45. The molecule has 1 amide bonds. The van der Waals surface area contributed by atoms with E-state index in [0.29, 0.717) is 50.6 Å². The Bertz CT molecular complexity index is 1040. The molecule has 2 fully saturated rings. The number of carbonyl (C=O) groups is 1. The Morgan fingerprint density at radius 3 is 2.81 bits per heavy atom. The number of aromatic nitrogens is 2. The van der Waals surface area contributed by atoms with Gasteiger partial charge in [0.2, 0.25) is 0 Å². The lowest BCUT2D eigenvalue weighted by Gasteiger charge is -2.42. The Labute approximate surface area is 183 Å². The van der Waals surface area contributed by atoms with Crippen molar-refractivity contribution in [1.29, 1.82) is 5.26 Å². The first kappa shape index (κ1) is 22.0. The molecule has 0 bridgehead atoms. The van der Waals surface area contributed by atoms with E-state index in [4.69, 9.17) is 10.00 Å². The van der Waals surface area contributed by atoms with Gasteiger partial charge in [-0.1, -0.05) is 0 Å². The second-order valence-electron chi connectivity index (χ2n) is 8.31. The molecule has 1 aromatic heterocycles. The van der Waals surface area contributed by atoms with Gasteiger partial charge in [-0.15, -0.1) is 0 Å². The Hall–Kier alpha value is -3.19. The predicted octanol–water partition coefficient (Wildman–Crippen LogP) is 2.98. The number of alkyl halides is 3. The average Bonchev–Trinajstić information content (AvgIpc) is 3.17. The van der Waals surface area contributed by atoms with Gasteiger partial charge in [-0.25, -0.2) is 9.97 Å². The lowest BCUT2D eigenvalue weighted by Crippen LogP contribution is -2.51. The molecule has 4 rings (SSSR count). The minimum absolute atomic E-state index is 0.0203. The normalized spacial score (nSPS) is 23.0. The van der Waals surface area contributed by atoms with Crippen LogP contribution in [0.25, 0.3) is 0 Å². The number of benzene rings is 1. The predicted molar refractivity (Wildman–Crippen MR) is 109 cm³/mol. The van der Waals surface area contributed by atoms with Crippen molar-refractivity contribution in [1.82, 2.24) is 14.9 Å². The molecule has 0 saturated carbocycles. The minimum Gasteiger partial charge on any atom is -0.384 e. The Balaban J connectivity index is 1.59. The van der Waals surface area contributed by atoms with Gasteiger partial charge in [0, 0.05) is 56.5 Å². The number of anilines is 1. The first-order valence-electron chi connectivity index (χ1n) is 10.2. The summed E-state index contributed by atoms with van der Waals surface area (Å²) in [7, 11) is 1.61. The zero-order valence-corrected chi connectivity index (χ0v) is 17.5. The van der Waals surface area contributed by atoms with E-state index in [2.05, 4.69) is 9.97 Å². The molecule has 32 heavy (non-hydrogen) atoms. The second kappa shape index (κ2) is 8.39. The van der Waals surface area contributed by atoms with Crippen LogP contribution in [0.15, 0.2) is 36.8 Å². The van der Waals surface area contributed by atoms with Crippen LogP contribution in [0.4, 0.5) is 18.9 Å². The zero-order chi connectivity index (χ0) is 22.9. The Morgan fingerprint density at radius 2 is 2.16 bits per heavy atom. The lowest BCUT2D eigenvalue weighted by molar-refractivity contribution is -0.137. The van der Waals surface area contributed by atoms with Crippen molar-refractivity contribution < 1.29 is 22.7 Å². The molecule has 0 spiro atoms. The molecule has 168 valence electrons. The van der Waals surface area contributed by atoms with E-state index < -0.39 is 17.3 Å². The molecule has 2 aliphatic rings. The largest absolute Gasteiger partial charge is 0.417 e. The molecule has 2 unspecified atom stereocenters. The molecule has 10 heteroatoms. The molecule has 0 N–H and O–H groups in total. The highest BCUT2D eigenvalue weighted by atomic mass is 19.4. The molecular weight excluding hydrogens is 423 g/mol. The molecule has 2 atom stereocenters. The van der Waals surface area contributed by atoms with Gasteiger partial charge in [0.15, 0.2) is 0 Å². The number of fused-ring (bicyclic) bond motifs is 1. The van der Waals surface area contributed by atoms with Crippen LogP contribution in [0.5, 0.6) is 0 Å². The van der Waals surface area contributed by atoms with Gasteiger partial charge < -0.3 is 14.5 Å². The van der Waals surface area contributed by atoms with Crippen molar-refractivity contribution in [2.24, 2.45) is 11.3 Å². The summed E-state index contributed by atoms with van der Waals surface area (Å²) in [5.41, 5.74) is -0.880. The van der Waals surface area contributed by atoms with Gasteiger partial charge in [-0.05, 0) is 30.7 Å². The van der Waals surface area contributed by atoms with Crippen molar-refractivity contribution in [3.63, 3.8) is 0 Å². The SMILES string of the molecule is COCC12CCN(C(=O)c3ccncn3)CC1CN(c1ccc(C#N)c(C(F)(F)F)c1)C2. The number of rotatable bonds is 4. The van der Waals surface area contributed by atoms with Gasteiger partial charge in [-0.3, -0.25) is 4.79 Å². The second-order valence-corrected chi connectivity index (χ2v) is 8.31. The standard InChI is InChI=1S/C22H22F3N5O2/c1-32-13-21-5-7-29(20(31)19-4-6-27-14-28-19)10-16(21)11-30(12-21)17-3-2-15(9-26)18(8-17)22(23,24)25/h2-4,6,8,14,16H,5,7,10-13H2,1H3. The van der Waals surface area contributed by atoms with Crippen LogP contribution in [0.3, 0.4) is 0 Å². The van der Waals surface area contributed by atoms with Crippen molar-refractivity contribution >= 4 is 11.6 Å². The van der Waals surface area contributed by atoms with E-state index in [1.807, 2.05) is 4.90 Å². The number of hydrogen-bond donors (Lipinski definition) is 0. The van der Waals surface area contributed by atoms with Crippen LogP contribution in [0, 0.1) is 22.7 Å². The van der Waals surface area contributed by atoms with Crippen LogP contribution >= 0.6 is 0 Å². The van der Waals surface area contributed by atoms with Crippen LogP contribution in [0.1, 0.15) is 28.0 Å². The molecule has 1 aromatic carbocycles. The smallest absolute Gasteiger partial charge is 0.384 e. The molecule has 2 saturated heterocycles. The number of methoxy groups -OCH3 is 1. The van der Waals surface area contributed by atoms with E-state index in [1.54, 1.807) is 30.2 Å². The molecule has 0 radical (unpaired) electrons. The fraction of sp³-hybridized carbons (Fsp3) is 0.455. The van der Waals surface area contributed by atoms with E-state index >= 15 is 0 Å². The van der Waals surface area contributed by atoms with E-state index in [9.17, 15) is 18.0 Å². The van der Waals surface area contributed by atoms with Crippen LogP contribution < -0.4 is 4.90 Å². The highest BCUT2D eigenvalue weighted by Gasteiger charge is 2.50. The summed E-state index contributed by atoms with van der Waals surface area (Å²) in [6.45, 7) is 2.43. The number of amides is 1. The molecule has 2 aliphatic heterocycles. The summed E-state index contributed by atoms with van der Waals surface area (Å²) in [6, 6.07) is 6.99. The fourth-order valence-electron chi connectivity index (χ4n) is 4.83. The maximum Gasteiger partial charge on any atom is 0.417 e. The number of carbonyl (C=O) groups excluding carboxylic acids is 1. The molecule has 2 aromatic rings. The monoisotopic (exact) mass is 445 g/mol. The molecule has 7 nitrogen and oxygen atoms in total. The van der Waals surface area contributed by atoms with Crippen LogP contribution in [-0.2, 0) is 10.9 Å². The van der Waals surface area contributed by atoms with Crippen molar-refractivity contribution in [2.45, 2.75) is 12.6 Å². The Kier molecular flexibility index (Phi) is 5.77. The van der Waals surface area contributed by atoms with Gasteiger partial charge in [0.05, 0.1) is 23.8 Å². The third-order valence-electron chi connectivity index (χ3n) is 6.45. The third kappa shape index (κ3) is 4.00. The van der Waals surface area contributed by atoms with Gasteiger partial charge >= 0.3 is 6.18 Å². The summed E-state index contributed by atoms with van der Waals surface area (Å²) < 4.78 is 45.8. The summed E-state index contributed by atoms with van der Waals surface area (Å²) >= 11 is 0. The van der Waals surface area contributed by atoms with Crippen molar-refractivity contribution in [2.75, 3.05) is 44.8 Å². The molecular formula is C22H22F3N5O2. The minimum atomic E-state index is -4.61. The average molecular weight is 445 g/mol. The van der Waals surface area contributed by atoms with Gasteiger partial charge in [0.1, 0.15) is 12.0 Å². The number of nitrogens with zero attached hydrogens (tertiary/aromatic N) is 5. The van der Waals surface area contributed by atoms with E-state index in [1.165, 1.54) is 18.6 Å². The van der Waals surface area contributed by atoms with Gasteiger partial charge in [-0.2, -0.15) is 18.4 Å². The Morgan fingerprint density at radius 1 is 1.34 bits per heavy atom. The summed E-state index contributed by atoms with van der Waals surface area (Å²) in [5.74, 6) is -0.165. The van der Waals surface area contributed by atoms with Gasteiger partial charge in [0.25, 0.3) is 5.91 Å². The number of nitriles is 1. The van der Waals surface area contributed by atoms with Crippen LogP contribution in [0.2, 0.25) is 0 Å². The maximum atomic E-state index is 13.5. The van der Waals surface area contributed by atoms with Crippen molar-refractivity contribution in [3.8, 4) is 6.07 Å². The number of halogens is 3. The highest BCUT2D eigenvalue weighted by molar-refractivity contribution is 5.92. The number of ether oxygens (including phenoxy) is 1. The fourth-order valence-corrected chi connectivity index (χ4v) is 4.83. The zero-order valence-electron chi connectivity index (χ0n) is 17.5. The van der Waals surface area contributed by atoms with Crippen molar-refractivity contribution in [3.05, 3.63) is 53.6 Å². The molecule has 0 aliphatic carbocycles. The quantitative estimate of drug-likeness (QED) is 0.720. The number of hydrogen-bond acceptors (Lipinski definition) is 6. The first-order chi connectivity index (χ1) is 15.3. The topological polar surface area (TPSA) is 82.3 Å². The molecule has 3 heterocycles. The first-order valence-corrected chi connectivity index (χ1v) is 10.2. The van der Waals surface area contributed by atoms with Crippen LogP contribution in [-0.4, -0.2) is 60.7 Å². The summed E-state index contributed by atoms with van der Waals surface area (Å²) in [4.78, 5) is 24.4. The lowest BCUT2D eigenvalue weighted by atomic mass is 9.73. The van der Waals surface area contributed by atoms with E-state index in [-0.39, 0.29) is 17.2 Å².